The zero-order valence-corrected chi connectivity index (χ0v) is 16.9. The maximum atomic E-state index is 5.59. The number of aryl methyl sites for hydroxylation is 1. The number of benzene rings is 1. The minimum atomic E-state index is 0.575. The molecule has 5 nitrogen and oxygen atoms in total. The number of likely N-dealkylation sites (N-methyl/N-ethyl adjacent to an activating group) is 1. The smallest absolute Gasteiger partial charge is 0.148 e. The van der Waals surface area contributed by atoms with Crippen molar-refractivity contribution in [3.8, 4) is 11.5 Å². The number of hydrogen-bond donors (Lipinski definition) is 0. The van der Waals surface area contributed by atoms with Gasteiger partial charge < -0.3 is 19.3 Å². The van der Waals surface area contributed by atoms with Gasteiger partial charge in [-0.2, -0.15) is 0 Å². The molecule has 26 heavy (non-hydrogen) atoms. The highest BCUT2D eigenvalue weighted by molar-refractivity contribution is 5.90. The molecule has 5 heteroatoms. The van der Waals surface area contributed by atoms with Crippen LogP contribution in [0.3, 0.4) is 0 Å². The zero-order valence-electron chi connectivity index (χ0n) is 16.9. The molecule has 0 aliphatic carbocycles. The Kier molecular flexibility index (Phi) is 5.56. The van der Waals surface area contributed by atoms with Gasteiger partial charge in [-0.05, 0) is 51.1 Å². The van der Waals surface area contributed by atoms with Crippen molar-refractivity contribution in [2.45, 2.75) is 32.7 Å². The monoisotopic (exact) mass is 357 g/mol. The molecule has 1 aromatic carbocycles. The number of rotatable bonds is 6. The lowest BCUT2D eigenvalue weighted by Crippen LogP contribution is -2.35. The molecule has 0 unspecified atom stereocenters. The summed E-state index contributed by atoms with van der Waals surface area (Å²) in [5.74, 6) is 3.29. The van der Waals surface area contributed by atoms with Crippen LogP contribution in [-0.2, 0) is 0 Å². The number of anilines is 1. The van der Waals surface area contributed by atoms with E-state index in [1.54, 1.807) is 14.2 Å². The summed E-state index contributed by atoms with van der Waals surface area (Å²) in [5, 5.41) is 1.08. The van der Waals surface area contributed by atoms with E-state index in [2.05, 4.69) is 43.8 Å². The van der Waals surface area contributed by atoms with Gasteiger partial charge in [-0.1, -0.05) is 13.3 Å². The Bertz CT molecular complexity index is 775. The second-order valence-corrected chi connectivity index (χ2v) is 7.51. The molecule has 142 valence electrons. The van der Waals surface area contributed by atoms with Crippen LogP contribution in [0.2, 0.25) is 0 Å². The summed E-state index contributed by atoms with van der Waals surface area (Å²) in [6.07, 6.45) is 2.48. The molecule has 0 spiro atoms. The van der Waals surface area contributed by atoms with Gasteiger partial charge in [-0.25, -0.2) is 4.98 Å². The summed E-state index contributed by atoms with van der Waals surface area (Å²) in [4.78, 5) is 9.77. The summed E-state index contributed by atoms with van der Waals surface area (Å²) in [7, 11) is 7.74. The van der Waals surface area contributed by atoms with Crippen molar-refractivity contribution < 1.29 is 9.47 Å². The minimum Gasteiger partial charge on any atom is -0.497 e. The lowest BCUT2D eigenvalue weighted by atomic mass is 9.98. The van der Waals surface area contributed by atoms with Gasteiger partial charge in [0.15, 0.2) is 0 Å². The van der Waals surface area contributed by atoms with Gasteiger partial charge in [-0.3, -0.25) is 0 Å². The van der Waals surface area contributed by atoms with Crippen LogP contribution in [0.4, 0.5) is 5.82 Å². The summed E-state index contributed by atoms with van der Waals surface area (Å²) >= 11 is 0. The molecule has 0 N–H and O–H groups in total. The Morgan fingerprint density at radius 2 is 1.92 bits per heavy atom. The first-order valence-corrected chi connectivity index (χ1v) is 9.43. The summed E-state index contributed by atoms with van der Waals surface area (Å²) in [6, 6.07) is 6.72. The molecule has 1 fully saturated rings. The average molecular weight is 357 g/mol. The van der Waals surface area contributed by atoms with E-state index in [4.69, 9.17) is 14.5 Å². The predicted octanol–water partition coefficient (Wildman–Crippen LogP) is 3.73. The molecule has 2 atom stereocenters. The molecular formula is C21H31N3O2. The summed E-state index contributed by atoms with van der Waals surface area (Å²) < 4.78 is 11.0. The Hall–Kier alpha value is -2.01. The van der Waals surface area contributed by atoms with Crippen LogP contribution in [0.1, 0.15) is 25.3 Å². The van der Waals surface area contributed by atoms with Crippen molar-refractivity contribution in [2.24, 2.45) is 5.92 Å². The largest absolute Gasteiger partial charge is 0.497 e. The number of pyridine rings is 1. The van der Waals surface area contributed by atoms with Crippen molar-refractivity contribution in [1.82, 2.24) is 9.88 Å². The molecule has 0 radical (unpaired) electrons. The topological polar surface area (TPSA) is 37.8 Å². The molecule has 3 rings (SSSR count). The predicted molar refractivity (Wildman–Crippen MR) is 108 cm³/mol. The Labute approximate surface area is 156 Å². The average Bonchev–Trinajstić information content (AvgIpc) is 3.05. The highest BCUT2D eigenvalue weighted by atomic mass is 16.5. The van der Waals surface area contributed by atoms with Crippen molar-refractivity contribution >= 4 is 16.7 Å². The van der Waals surface area contributed by atoms with Gasteiger partial charge in [0.2, 0.25) is 0 Å². The highest BCUT2D eigenvalue weighted by Gasteiger charge is 2.34. The molecule has 0 amide bonds. The first-order chi connectivity index (χ1) is 12.5. The van der Waals surface area contributed by atoms with Gasteiger partial charge >= 0.3 is 0 Å². The summed E-state index contributed by atoms with van der Waals surface area (Å²) in [6.45, 7) is 6.49. The van der Waals surface area contributed by atoms with Crippen molar-refractivity contribution in [3.63, 3.8) is 0 Å². The van der Waals surface area contributed by atoms with Crippen LogP contribution in [0.15, 0.2) is 18.2 Å². The van der Waals surface area contributed by atoms with E-state index < -0.39 is 0 Å². The van der Waals surface area contributed by atoms with E-state index in [1.165, 1.54) is 18.4 Å². The number of nitrogens with zero attached hydrogens (tertiary/aromatic N) is 3. The van der Waals surface area contributed by atoms with Crippen LogP contribution in [-0.4, -0.2) is 57.3 Å². The van der Waals surface area contributed by atoms with Crippen molar-refractivity contribution in [1.29, 1.82) is 0 Å². The van der Waals surface area contributed by atoms with E-state index in [0.717, 1.165) is 41.3 Å². The lowest BCUT2D eigenvalue weighted by Gasteiger charge is -2.24. The van der Waals surface area contributed by atoms with E-state index in [9.17, 15) is 0 Å². The minimum absolute atomic E-state index is 0.575. The number of ether oxygens (including phenoxy) is 2. The van der Waals surface area contributed by atoms with Gasteiger partial charge in [0.1, 0.15) is 22.8 Å². The van der Waals surface area contributed by atoms with E-state index >= 15 is 0 Å². The Morgan fingerprint density at radius 1 is 1.15 bits per heavy atom. The highest BCUT2D eigenvalue weighted by Crippen LogP contribution is 2.35. The maximum Gasteiger partial charge on any atom is 0.148 e. The van der Waals surface area contributed by atoms with E-state index in [-0.39, 0.29) is 0 Å². The Morgan fingerprint density at radius 3 is 2.54 bits per heavy atom. The van der Waals surface area contributed by atoms with Gasteiger partial charge in [-0.15, -0.1) is 0 Å². The number of hydrogen-bond acceptors (Lipinski definition) is 5. The second kappa shape index (κ2) is 7.70. The molecule has 2 aromatic rings. The Balaban J connectivity index is 2.01. The molecule has 0 saturated carbocycles. The third kappa shape index (κ3) is 3.45. The van der Waals surface area contributed by atoms with Crippen LogP contribution >= 0.6 is 0 Å². The zero-order chi connectivity index (χ0) is 18.8. The van der Waals surface area contributed by atoms with E-state index in [1.807, 2.05) is 12.1 Å². The fraction of sp³-hybridized carbons (Fsp3) is 0.571. The quantitative estimate of drug-likeness (QED) is 0.788. The SMILES string of the molecule is CCC[C@@H]1CN(c2cc(C)c3cc(OC)cc(OC)c3n2)C[C@H]1N(C)C. The maximum absolute atomic E-state index is 5.59. The lowest BCUT2D eigenvalue weighted by molar-refractivity contribution is 0.246. The molecule has 0 bridgehead atoms. The van der Waals surface area contributed by atoms with Crippen LogP contribution in [0, 0.1) is 12.8 Å². The molecular weight excluding hydrogens is 326 g/mol. The van der Waals surface area contributed by atoms with Gasteiger partial charge in [0.05, 0.1) is 14.2 Å². The molecule has 1 aliphatic heterocycles. The van der Waals surface area contributed by atoms with Crippen LogP contribution in [0.5, 0.6) is 11.5 Å². The normalized spacial score (nSPS) is 20.2. The van der Waals surface area contributed by atoms with Gasteiger partial charge in [0.25, 0.3) is 0 Å². The third-order valence-corrected chi connectivity index (χ3v) is 5.55. The first-order valence-electron chi connectivity index (χ1n) is 9.43. The number of fused-ring (bicyclic) bond motifs is 1. The van der Waals surface area contributed by atoms with Crippen molar-refractivity contribution in [3.05, 3.63) is 23.8 Å². The number of methoxy groups -OCH3 is 2. The molecule has 1 saturated heterocycles. The van der Waals surface area contributed by atoms with Crippen molar-refractivity contribution in [2.75, 3.05) is 46.3 Å². The van der Waals surface area contributed by atoms with Crippen LogP contribution < -0.4 is 14.4 Å². The first kappa shape index (κ1) is 18.8. The fourth-order valence-corrected chi connectivity index (χ4v) is 4.13. The second-order valence-electron chi connectivity index (χ2n) is 7.51. The standard InChI is InChI=1S/C21H31N3O2/c1-7-8-15-12-24(13-18(15)23(3)4)20-9-14(2)17-10-16(25-5)11-19(26-6)21(17)22-20/h9-11,15,18H,7-8,12-13H2,1-6H3/t15-,18-/m1/s1. The van der Waals surface area contributed by atoms with E-state index in [0.29, 0.717) is 12.0 Å². The molecule has 1 aromatic heterocycles. The van der Waals surface area contributed by atoms with Gasteiger partial charge in [0, 0.05) is 30.6 Å². The third-order valence-electron chi connectivity index (χ3n) is 5.55. The molecule has 1 aliphatic rings. The fourth-order valence-electron chi connectivity index (χ4n) is 4.13. The number of aromatic nitrogens is 1. The van der Waals surface area contributed by atoms with Crippen LogP contribution in [0.25, 0.3) is 10.9 Å². The molecule has 2 heterocycles. The summed E-state index contributed by atoms with van der Waals surface area (Å²) in [5.41, 5.74) is 2.10.